The van der Waals surface area contributed by atoms with Crippen LogP contribution in [0.1, 0.15) is 37.4 Å². The molecule has 1 aliphatic carbocycles. The molecule has 5 heterocycles. The van der Waals surface area contributed by atoms with Crippen molar-refractivity contribution in [3.8, 4) is 11.6 Å². The molecule has 4 aromatic heterocycles. The van der Waals surface area contributed by atoms with Crippen molar-refractivity contribution in [1.82, 2.24) is 29.3 Å². The Labute approximate surface area is 242 Å². The first-order chi connectivity index (χ1) is 19.9. The highest BCUT2D eigenvalue weighted by Gasteiger charge is 2.27. The Balaban J connectivity index is 1.25. The maximum Gasteiger partial charge on any atom is 0.389 e. The first-order valence-electron chi connectivity index (χ1n) is 13.3. The van der Waals surface area contributed by atoms with Crippen LogP contribution in [-0.2, 0) is 18.4 Å². The molecule has 13 nitrogen and oxygen atoms in total. The topological polar surface area (TPSA) is 135 Å². The zero-order valence-corrected chi connectivity index (χ0v) is 23.9. The van der Waals surface area contributed by atoms with Crippen molar-refractivity contribution in [2.24, 2.45) is 7.05 Å². The molecule has 41 heavy (non-hydrogen) atoms. The van der Waals surface area contributed by atoms with Gasteiger partial charge in [-0.15, -0.1) is 0 Å². The number of ether oxygens (including phenoxy) is 3. The molecule has 0 bridgehead atoms. The third kappa shape index (κ3) is 5.81. The number of hydrogen-bond donors (Lipinski definition) is 0. The second kappa shape index (κ2) is 11.6. The minimum atomic E-state index is -0.539. The Morgan fingerprint density at radius 3 is 2.66 bits per heavy atom. The van der Waals surface area contributed by atoms with E-state index in [0.29, 0.717) is 59.3 Å². The maximum absolute atomic E-state index is 13.5. The fourth-order valence-electron chi connectivity index (χ4n) is 5.23. The Kier molecular flexibility index (Phi) is 7.71. The third-order valence-electron chi connectivity index (χ3n) is 7.49. The fourth-order valence-corrected chi connectivity index (χ4v) is 5.61. The first-order valence-corrected chi connectivity index (χ1v) is 14.1. The molecule has 1 aliphatic heterocycles. The van der Waals surface area contributed by atoms with Gasteiger partial charge in [0.1, 0.15) is 24.3 Å². The lowest BCUT2D eigenvalue weighted by Gasteiger charge is -2.30. The minimum Gasteiger partial charge on any atom is -0.485 e. The molecular formula is C26H28BrFN8O5. The van der Waals surface area contributed by atoms with Crippen molar-refractivity contribution in [3.63, 3.8) is 0 Å². The van der Waals surface area contributed by atoms with Gasteiger partial charge in [0, 0.05) is 42.1 Å². The summed E-state index contributed by atoms with van der Waals surface area (Å²) in [6.07, 6.45) is 7.30. The average Bonchev–Trinajstić information content (AvgIpc) is 3.55. The fraction of sp³-hybridized carbons (Fsp3) is 0.462. The Morgan fingerprint density at radius 1 is 1.17 bits per heavy atom. The lowest BCUT2D eigenvalue weighted by molar-refractivity contribution is -0.390. The molecule has 2 fully saturated rings. The standard InChI is InChI=1S/C26H28BrFN8O5/c1-33-22(24(36(37)38)32-26(33)27)15-40-19-10-20-21(29-13-19)11-23(34-6-8-39-9-7-34)31-25(20)41-18-4-2-17(3-5-18)35-14-16(28)12-30-35/h10-14,17-18H,2-9,15H2,1H3. The number of rotatable bonds is 8. The van der Waals surface area contributed by atoms with Crippen molar-refractivity contribution in [2.75, 3.05) is 31.2 Å². The zero-order chi connectivity index (χ0) is 28.5. The van der Waals surface area contributed by atoms with Crippen LogP contribution in [0, 0.1) is 15.9 Å². The molecule has 0 N–H and O–H groups in total. The smallest absolute Gasteiger partial charge is 0.389 e. The van der Waals surface area contributed by atoms with Crippen LogP contribution in [0.2, 0.25) is 0 Å². The van der Waals surface area contributed by atoms with Crippen molar-refractivity contribution in [1.29, 1.82) is 0 Å². The van der Waals surface area contributed by atoms with Gasteiger partial charge in [0.2, 0.25) is 5.88 Å². The summed E-state index contributed by atoms with van der Waals surface area (Å²) in [6.45, 7) is 2.58. The number of nitro groups is 1. The normalized spacial score (nSPS) is 19.4. The van der Waals surface area contributed by atoms with Gasteiger partial charge in [-0.25, -0.2) is 4.39 Å². The van der Waals surface area contributed by atoms with Crippen molar-refractivity contribution in [2.45, 2.75) is 44.4 Å². The van der Waals surface area contributed by atoms with Crippen molar-refractivity contribution in [3.05, 3.63) is 57.1 Å². The van der Waals surface area contributed by atoms with Crippen LogP contribution in [0.5, 0.6) is 11.6 Å². The van der Waals surface area contributed by atoms with Crippen LogP contribution in [0.25, 0.3) is 10.9 Å². The molecule has 15 heteroatoms. The van der Waals surface area contributed by atoms with Crippen LogP contribution in [0.4, 0.5) is 16.0 Å². The van der Waals surface area contributed by atoms with E-state index in [2.05, 4.69) is 35.9 Å². The number of nitrogens with zero attached hydrogens (tertiary/aromatic N) is 8. The van der Waals surface area contributed by atoms with Gasteiger partial charge in [-0.05, 0) is 41.7 Å². The van der Waals surface area contributed by atoms with Crippen LogP contribution in [-0.4, -0.2) is 66.6 Å². The average molecular weight is 631 g/mol. The molecular weight excluding hydrogens is 603 g/mol. The molecule has 0 aromatic carbocycles. The van der Waals surface area contributed by atoms with Crippen LogP contribution in [0.15, 0.2) is 35.5 Å². The number of aromatic nitrogens is 6. The van der Waals surface area contributed by atoms with Gasteiger partial charge in [0.05, 0.1) is 48.7 Å². The quantitative estimate of drug-likeness (QED) is 0.204. The Hall–Kier alpha value is -3.85. The van der Waals surface area contributed by atoms with E-state index in [-0.39, 0.29) is 30.4 Å². The van der Waals surface area contributed by atoms with E-state index in [1.165, 1.54) is 12.4 Å². The zero-order valence-electron chi connectivity index (χ0n) is 22.3. The number of imidazole rings is 1. The summed E-state index contributed by atoms with van der Waals surface area (Å²) in [5.41, 5.74) is 1.01. The van der Waals surface area contributed by atoms with E-state index in [0.717, 1.165) is 31.5 Å². The molecule has 6 rings (SSSR count). The largest absolute Gasteiger partial charge is 0.485 e. The number of halogens is 2. The second-order valence-corrected chi connectivity index (χ2v) is 10.8. The Morgan fingerprint density at radius 2 is 1.95 bits per heavy atom. The first kappa shape index (κ1) is 27.3. The third-order valence-corrected chi connectivity index (χ3v) is 8.20. The minimum absolute atomic E-state index is 0.0773. The molecule has 0 amide bonds. The van der Waals surface area contributed by atoms with Crippen LogP contribution < -0.4 is 14.4 Å². The summed E-state index contributed by atoms with van der Waals surface area (Å²) in [4.78, 5) is 26.5. The molecule has 0 unspecified atom stereocenters. The number of hydrogen-bond acceptors (Lipinski definition) is 10. The molecule has 216 valence electrons. The SMILES string of the molecule is Cn1c(Br)nc([N+](=O)[O-])c1COc1cnc2cc(N3CCOCC3)nc(OC3CCC(n4cc(F)cn4)CC3)c2c1. The molecule has 0 atom stereocenters. The van der Waals surface area contributed by atoms with Crippen molar-refractivity contribution >= 4 is 38.5 Å². The van der Waals surface area contributed by atoms with Gasteiger partial charge in [-0.2, -0.15) is 10.1 Å². The lowest BCUT2D eigenvalue weighted by Crippen LogP contribution is -2.36. The molecule has 0 spiro atoms. The monoisotopic (exact) mass is 630 g/mol. The van der Waals surface area contributed by atoms with Crippen molar-refractivity contribution < 1.29 is 23.5 Å². The van der Waals surface area contributed by atoms with Gasteiger partial charge in [0.25, 0.3) is 4.73 Å². The van der Waals surface area contributed by atoms with E-state index < -0.39 is 4.92 Å². The molecule has 2 aliphatic rings. The predicted molar refractivity (Wildman–Crippen MR) is 149 cm³/mol. The summed E-state index contributed by atoms with van der Waals surface area (Å²) in [5.74, 6) is 1.01. The van der Waals surface area contributed by atoms with Crippen LogP contribution in [0.3, 0.4) is 0 Å². The van der Waals surface area contributed by atoms with Gasteiger partial charge >= 0.3 is 5.82 Å². The predicted octanol–water partition coefficient (Wildman–Crippen LogP) is 4.35. The molecule has 1 saturated carbocycles. The highest BCUT2D eigenvalue weighted by molar-refractivity contribution is 9.10. The van der Waals surface area contributed by atoms with E-state index >= 15 is 0 Å². The molecule has 0 radical (unpaired) electrons. The summed E-state index contributed by atoms with van der Waals surface area (Å²) >= 11 is 3.23. The number of fused-ring (bicyclic) bond motifs is 1. The highest BCUT2D eigenvalue weighted by atomic mass is 79.9. The number of pyridine rings is 2. The summed E-state index contributed by atoms with van der Waals surface area (Å²) in [6, 6.07) is 3.84. The summed E-state index contributed by atoms with van der Waals surface area (Å²) < 4.78 is 35.0. The molecule has 1 saturated heterocycles. The van der Waals surface area contributed by atoms with E-state index in [4.69, 9.17) is 19.2 Å². The van der Waals surface area contributed by atoms with Crippen LogP contribution >= 0.6 is 15.9 Å². The maximum atomic E-state index is 13.5. The lowest BCUT2D eigenvalue weighted by atomic mass is 9.93. The van der Waals surface area contributed by atoms with Gasteiger partial charge in [-0.1, -0.05) is 0 Å². The Bertz CT molecular complexity index is 1560. The highest BCUT2D eigenvalue weighted by Crippen LogP contribution is 2.35. The van der Waals surface area contributed by atoms with Gasteiger partial charge in [0.15, 0.2) is 11.5 Å². The second-order valence-electron chi connectivity index (χ2n) is 10.1. The molecule has 4 aromatic rings. The summed E-state index contributed by atoms with van der Waals surface area (Å²) in [7, 11) is 1.67. The number of morpholine rings is 1. The van der Waals surface area contributed by atoms with Gasteiger partial charge in [-0.3, -0.25) is 14.2 Å². The van der Waals surface area contributed by atoms with E-state index in [1.54, 1.807) is 28.6 Å². The number of anilines is 1. The van der Waals surface area contributed by atoms with E-state index in [1.807, 2.05) is 6.07 Å². The summed E-state index contributed by atoms with van der Waals surface area (Å²) in [5, 5.41) is 16.3. The van der Waals surface area contributed by atoms with E-state index in [9.17, 15) is 14.5 Å². The van der Waals surface area contributed by atoms with Gasteiger partial charge < -0.3 is 29.2 Å².